The molecule has 1 aromatic rings. The van der Waals surface area contributed by atoms with Gasteiger partial charge in [-0.15, -0.1) is 0 Å². The van der Waals surface area contributed by atoms with E-state index in [0.29, 0.717) is 5.69 Å². The summed E-state index contributed by atoms with van der Waals surface area (Å²) in [4.78, 5) is 4.60. The molecule has 110 valence electrons. The molecule has 0 spiro atoms. The van der Waals surface area contributed by atoms with Crippen LogP contribution in [0, 0.1) is 0 Å². The summed E-state index contributed by atoms with van der Waals surface area (Å²) in [7, 11) is 0. The number of benzene rings is 1. The number of nitrogens with zero attached hydrogens (tertiary/aromatic N) is 1. The maximum atomic E-state index is 5.95. The molecule has 1 unspecified atom stereocenters. The molecule has 0 aliphatic carbocycles. The molecule has 2 rings (SSSR count). The minimum atomic E-state index is -0.0155. The molecule has 0 aromatic heterocycles. The molecule has 0 radical (unpaired) electrons. The zero-order valence-corrected chi connectivity index (χ0v) is 12.2. The number of ether oxygens (including phenoxy) is 2. The minimum Gasteiger partial charge on any atom is -0.480 e. The number of hydrogen-bond donors (Lipinski definition) is 2. The Morgan fingerprint density at radius 3 is 3.00 bits per heavy atom. The normalized spacial score (nSPS) is 19.3. The van der Waals surface area contributed by atoms with Crippen LogP contribution in [0.5, 0.6) is 5.75 Å². The highest BCUT2D eigenvalue weighted by Crippen LogP contribution is 2.32. The summed E-state index contributed by atoms with van der Waals surface area (Å²) in [5.74, 6) is 1.71. The van der Waals surface area contributed by atoms with E-state index in [1.165, 1.54) is 0 Å². The molecule has 5 heteroatoms. The van der Waals surface area contributed by atoms with E-state index in [1.54, 1.807) is 0 Å². The van der Waals surface area contributed by atoms with Gasteiger partial charge in [0, 0.05) is 25.4 Å². The van der Waals surface area contributed by atoms with E-state index in [1.807, 2.05) is 25.1 Å². The number of aliphatic imine (C=N–C) groups is 1. The van der Waals surface area contributed by atoms with Crippen LogP contribution in [-0.4, -0.2) is 31.7 Å². The fourth-order valence-corrected chi connectivity index (χ4v) is 2.10. The van der Waals surface area contributed by atoms with Crippen LogP contribution in [0.1, 0.15) is 26.7 Å². The Balaban J connectivity index is 2.03. The largest absolute Gasteiger partial charge is 0.480 e. The molecule has 0 saturated heterocycles. The van der Waals surface area contributed by atoms with Gasteiger partial charge in [-0.05, 0) is 38.0 Å². The van der Waals surface area contributed by atoms with Crippen LogP contribution in [0.25, 0.3) is 0 Å². The Bertz CT molecular complexity index is 474. The Hall–Kier alpha value is -1.75. The molecule has 1 atom stereocenters. The topological polar surface area (TPSA) is 68.9 Å². The molecule has 5 nitrogen and oxygen atoms in total. The Morgan fingerprint density at radius 2 is 2.25 bits per heavy atom. The molecule has 0 amide bonds. The summed E-state index contributed by atoms with van der Waals surface area (Å²) in [6, 6.07) is 5.61. The van der Waals surface area contributed by atoms with Crippen molar-refractivity contribution in [3.8, 4) is 5.75 Å². The van der Waals surface area contributed by atoms with E-state index in [-0.39, 0.29) is 6.10 Å². The predicted molar refractivity (Wildman–Crippen MR) is 82.6 cm³/mol. The second-order valence-electron chi connectivity index (χ2n) is 4.71. The van der Waals surface area contributed by atoms with Crippen molar-refractivity contribution in [2.45, 2.75) is 32.8 Å². The first kappa shape index (κ1) is 14.7. The van der Waals surface area contributed by atoms with Gasteiger partial charge in [-0.2, -0.15) is 0 Å². The highest BCUT2D eigenvalue weighted by molar-refractivity contribution is 6.02. The first-order valence-corrected chi connectivity index (χ1v) is 7.19. The highest BCUT2D eigenvalue weighted by Gasteiger charge is 2.24. The van der Waals surface area contributed by atoms with Crippen LogP contribution >= 0.6 is 0 Å². The van der Waals surface area contributed by atoms with E-state index < -0.39 is 0 Å². The van der Waals surface area contributed by atoms with E-state index >= 15 is 0 Å². The first-order chi connectivity index (χ1) is 9.74. The Kier molecular flexibility index (Phi) is 5.24. The van der Waals surface area contributed by atoms with Gasteiger partial charge in [0.1, 0.15) is 11.6 Å². The van der Waals surface area contributed by atoms with Crippen LogP contribution in [-0.2, 0) is 4.74 Å². The molecule has 0 bridgehead atoms. The van der Waals surface area contributed by atoms with E-state index in [9.17, 15) is 0 Å². The third-order valence-corrected chi connectivity index (χ3v) is 3.14. The summed E-state index contributed by atoms with van der Waals surface area (Å²) < 4.78 is 11.3. The maximum Gasteiger partial charge on any atom is 0.155 e. The zero-order chi connectivity index (χ0) is 14.4. The van der Waals surface area contributed by atoms with Crippen molar-refractivity contribution in [2.75, 3.05) is 30.8 Å². The van der Waals surface area contributed by atoms with Crippen LogP contribution in [0.15, 0.2) is 23.2 Å². The molecule has 1 aliphatic rings. The van der Waals surface area contributed by atoms with Gasteiger partial charge in [0.2, 0.25) is 0 Å². The second kappa shape index (κ2) is 7.14. The van der Waals surface area contributed by atoms with Crippen molar-refractivity contribution in [3.05, 3.63) is 18.2 Å². The molecule has 1 aromatic carbocycles. The number of fused-ring (bicyclic) bond motifs is 1. The van der Waals surface area contributed by atoms with Crippen LogP contribution in [0.3, 0.4) is 0 Å². The number of nitrogens with one attached hydrogen (secondary N) is 1. The van der Waals surface area contributed by atoms with Crippen LogP contribution < -0.4 is 15.8 Å². The van der Waals surface area contributed by atoms with Crippen molar-refractivity contribution in [1.29, 1.82) is 0 Å². The third kappa shape index (κ3) is 3.63. The van der Waals surface area contributed by atoms with Gasteiger partial charge in [0.15, 0.2) is 6.10 Å². The minimum absolute atomic E-state index is 0.0155. The Labute approximate surface area is 120 Å². The third-order valence-electron chi connectivity index (χ3n) is 3.14. The summed E-state index contributed by atoms with van der Waals surface area (Å²) in [6.07, 6.45) is 1.78. The van der Waals surface area contributed by atoms with Gasteiger partial charge in [-0.25, -0.2) is 0 Å². The van der Waals surface area contributed by atoms with Crippen molar-refractivity contribution < 1.29 is 9.47 Å². The highest BCUT2D eigenvalue weighted by atomic mass is 16.5. The molecular formula is C15H23N3O2. The molecule has 0 saturated carbocycles. The maximum absolute atomic E-state index is 5.95. The fourth-order valence-electron chi connectivity index (χ4n) is 2.10. The number of nitrogen functional groups attached to an aromatic ring is 1. The van der Waals surface area contributed by atoms with Crippen molar-refractivity contribution in [1.82, 2.24) is 0 Å². The molecule has 1 aliphatic heterocycles. The molecule has 20 heavy (non-hydrogen) atoms. The van der Waals surface area contributed by atoms with Crippen molar-refractivity contribution >= 4 is 17.2 Å². The van der Waals surface area contributed by atoms with Gasteiger partial charge in [0.25, 0.3) is 0 Å². The zero-order valence-electron chi connectivity index (χ0n) is 12.2. The first-order valence-electron chi connectivity index (χ1n) is 7.19. The van der Waals surface area contributed by atoms with Gasteiger partial charge in [0.05, 0.1) is 5.69 Å². The smallest absolute Gasteiger partial charge is 0.155 e. The summed E-state index contributed by atoms with van der Waals surface area (Å²) >= 11 is 0. The number of hydrogen-bond acceptors (Lipinski definition) is 4. The van der Waals surface area contributed by atoms with Gasteiger partial charge in [-0.3, -0.25) is 4.99 Å². The lowest BCUT2D eigenvalue weighted by atomic mass is 10.1. The monoisotopic (exact) mass is 277 g/mol. The van der Waals surface area contributed by atoms with Crippen molar-refractivity contribution in [3.63, 3.8) is 0 Å². The number of rotatable bonds is 6. The second-order valence-corrected chi connectivity index (χ2v) is 4.71. The lowest BCUT2D eigenvalue weighted by Crippen LogP contribution is -2.37. The quantitative estimate of drug-likeness (QED) is 0.619. The standard InChI is InChI=1S/C15H23N3O2/c1-3-13-15(17-8-5-9-19-4-2)18-12-10-11(16)6-7-14(12)20-13/h6-7,10,13H,3-5,8-9,16H2,1-2H3,(H,17,18). The lowest BCUT2D eigenvalue weighted by Gasteiger charge is -2.28. The summed E-state index contributed by atoms with van der Waals surface area (Å²) in [5, 5.41) is 3.33. The molecule has 0 fully saturated rings. The molecule has 3 N–H and O–H groups in total. The van der Waals surface area contributed by atoms with E-state index in [2.05, 4.69) is 17.2 Å². The summed E-state index contributed by atoms with van der Waals surface area (Å²) in [5.41, 5.74) is 7.40. The number of nitrogens with two attached hydrogens (primary N) is 1. The Morgan fingerprint density at radius 1 is 1.40 bits per heavy atom. The SMILES string of the molecule is CCOCCCN=C1Nc2cc(N)ccc2OC1CC. The van der Waals surface area contributed by atoms with E-state index in [4.69, 9.17) is 15.2 Å². The molecule has 1 heterocycles. The fraction of sp³-hybridized carbons (Fsp3) is 0.533. The molecular weight excluding hydrogens is 254 g/mol. The van der Waals surface area contributed by atoms with Crippen LogP contribution in [0.2, 0.25) is 0 Å². The number of amidine groups is 1. The average molecular weight is 277 g/mol. The summed E-state index contributed by atoms with van der Waals surface area (Å²) in [6.45, 7) is 6.32. The van der Waals surface area contributed by atoms with Crippen LogP contribution in [0.4, 0.5) is 11.4 Å². The lowest BCUT2D eigenvalue weighted by molar-refractivity contribution is 0.146. The van der Waals surface area contributed by atoms with Gasteiger partial charge < -0.3 is 20.5 Å². The predicted octanol–water partition coefficient (Wildman–Crippen LogP) is 2.68. The average Bonchev–Trinajstić information content (AvgIpc) is 2.46. The number of anilines is 2. The van der Waals surface area contributed by atoms with E-state index in [0.717, 1.165) is 49.9 Å². The van der Waals surface area contributed by atoms with Gasteiger partial charge in [-0.1, -0.05) is 6.92 Å². The van der Waals surface area contributed by atoms with Gasteiger partial charge >= 0.3 is 0 Å². The van der Waals surface area contributed by atoms with Crippen molar-refractivity contribution in [2.24, 2.45) is 4.99 Å².